The van der Waals surface area contributed by atoms with Crippen molar-refractivity contribution < 1.29 is 9.90 Å². The zero-order valence-corrected chi connectivity index (χ0v) is 7.82. The molecule has 0 aliphatic rings. The van der Waals surface area contributed by atoms with Crippen LogP contribution in [0.4, 0.5) is 0 Å². The first-order chi connectivity index (χ1) is 6.16. The minimum absolute atomic E-state index is 0.373. The average Bonchev–Trinajstić information content (AvgIpc) is 2.43. The topological polar surface area (TPSA) is 42.2 Å². The highest BCUT2D eigenvalue weighted by atomic mass is 16.4. The fourth-order valence-corrected chi connectivity index (χ4v) is 1.24. The number of carboxylic acid groups (broad SMARTS) is 1. The van der Waals surface area contributed by atoms with Gasteiger partial charge in [0.05, 0.1) is 0 Å². The summed E-state index contributed by atoms with van der Waals surface area (Å²) in [5, 5.41) is 8.89. The summed E-state index contributed by atoms with van der Waals surface area (Å²) in [5.41, 5.74) is 1.18. The number of nitrogens with zero attached hydrogens (tertiary/aromatic N) is 1. The largest absolute Gasteiger partial charge is 0.477 e. The first kappa shape index (κ1) is 9.58. The Labute approximate surface area is 77.3 Å². The number of hydrogen-bond donors (Lipinski definition) is 1. The second kappa shape index (κ2) is 3.94. The smallest absolute Gasteiger partial charge is 0.352 e. The molecule has 0 aromatic carbocycles. The Bertz CT molecular complexity index is 337. The summed E-state index contributed by atoms with van der Waals surface area (Å²) in [6, 6.07) is 1.81. The van der Waals surface area contributed by atoms with Crippen molar-refractivity contribution in [2.75, 3.05) is 0 Å². The van der Waals surface area contributed by atoms with Gasteiger partial charge in [0, 0.05) is 12.7 Å². The lowest BCUT2D eigenvalue weighted by Gasteiger charge is -2.02. The Kier molecular flexibility index (Phi) is 2.90. The third-order valence-corrected chi connectivity index (χ3v) is 1.91. The van der Waals surface area contributed by atoms with Gasteiger partial charge in [-0.15, -0.1) is 0 Å². The third-order valence-electron chi connectivity index (χ3n) is 1.91. The fourth-order valence-electron chi connectivity index (χ4n) is 1.24. The summed E-state index contributed by atoms with van der Waals surface area (Å²) < 4.78 is 1.72. The molecule has 0 bridgehead atoms. The molecule has 0 saturated carbocycles. The maximum absolute atomic E-state index is 10.8. The van der Waals surface area contributed by atoms with Crippen molar-refractivity contribution in [3.05, 3.63) is 35.7 Å². The summed E-state index contributed by atoms with van der Waals surface area (Å²) in [5.74, 6) is -0.869. The predicted molar refractivity (Wildman–Crippen MR) is 50.9 cm³/mol. The first-order valence-corrected chi connectivity index (χ1v) is 4.17. The highest BCUT2D eigenvalue weighted by molar-refractivity contribution is 5.87. The number of allylic oxidation sites excluding steroid dienone is 2. The summed E-state index contributed by atoms with van der Waals surface area (Å²) in [6.07, 6.45) is 5.62. The van der Waals surface area contributed by atoms with Crippen LogP contribution in [0, 0.1) is 6.92 Å². The highest BCUT2D eigenvalue weighted by Crippen LogP contribution is 2.09. The fraction of sp³-hybridized carbons (Fsp3) is 0.300. The predicted octanol–water partition coefficient (Wildman–Crippen LogP) is 2.07. The molecule has 0 fully saturated rings. The minimum atomic E-state index is -0.869. The maximum atomic E-state index is 10.8. The van der Waals surface area contributed by atoms with Crippen LogP contribution < -0.4 is 0 Å². The number of aromatic nitrogens is 1. The van der Waals surface area contributed by atoms with Gasteiger partial charge in [-0.05, 0) is 25.5 Å². The third kappa shape index (κ3) is 1.99. The van der Waals surface area contributed by atoms with E-state index in [2.05, 4.69) is 0 Å². The van der Waals surface area contributed by atoms with Crippen LogP contribution in [0.3, 0.4) is 0 Å². The summed E-state index contributed by atoms with van der Waals surface area (Å²) in [7, 11) is 0. The molecule has 13 heavy (non-hydrogen) atoms. The van der Waals surface area contributed by atoms with Gasteiger partial charge in [0.1, 0.15) is 5.69 Å². The van der Waals surface area contributed by atoms with Crippen LogP contribution in [0.15, 0.2) is 24.4 Å². The minimum Gasteiger partial charge on any atom is -0.477 e. The first-order valence-electron chi connectivity index (χ1n) is 4.17. The van der Waals surface area contributed by atoms with E-state index in [0.29, 0.717) is 12.2 Å². The van der Waals surface area contributed by atoms with E-state index < -0.39 is 5.97 Å². The lowest BCUT2D eigenvalue weighted by atomic mass is 10.3. The molecular formula is C10H13NO2. The molecule has 0 unspecified atom stereocenters. The molecule has 1 aromatic heterocycles. The van der Waals surface area contributed by atoms with Crippen LogP contribution in [-0.4, -0.2) is 15.6 Å². The molecular weight excluding hydrogens is 166 g/mol. The van der Waals surface area contributed by atoms with Gasteiger partial charge in [-0.1, -0.05) is 12.2 Å². The second-order valence-electron chi connectivity index (χ2n) is 2.87. The molecule has 1 aromatic rings. The monoisotopic (exact) mass is 179 g/mol. The van der Waals surface area contributed by atoms with Crippen LogP contribution in [0.2, 0.25) is 0 Å². The number of carbonyl (C=O) groups is 1. The molecule has 0 amide bonds. The van der Waals surface area contributed by atoms with Crippen LogP contribution in [0.5, 0.6) is 0 Å². The SMILES string of the molecule is C/C=C/Cn1ccc(C)c1C(=O)O. The summed E-state index contributed by atoms with van der Waals surface area (Å²) in [4.78, 5) is 10.8. The maximum Gasteiger partial charge on any atom is 0.352 e. The zero-order chi connectivity index (χ0) is 9.84. The van der Waals surface area contributed by atoms with E-state index >= 15 is 0 Å². The molecule has 3 nitrogen and oxygen atoms in total. The number of aromatic carboxylic acids is 1. The standard InChI is InChI=1S/C10H13NO2/c1-3-4-6-11-7-5-8(2)9(11)10(12)13/h3-5,7H,6H2,1-2H3,(H,12,13)/b4-3+. The molecule has 3 heteroatoms. The number of aryl methyl sites for hydroxylation is 1. The van der Waals surface area contributed by atoms with Crippen molar-refractivity contribution in [3.8, 4) is 0 Å². The van der Waals surface area contributed by atoms with E-state index in [-0.39, 0.29) is 0 Å². The van der Waals surface area contributed by atoms with E-state index in [1.165, 1.54) is 0 Å². The molecule has 0 aliphatic heterocycles. The molecule has 1 N–H and O–H groups in total. The van der Waals surface area contributed by atoms with Crippen LogP contribution in [0.25, 0.3) is 0 Å². The quantitative estimate of drug-likeness (QED) is 0.722. The Morgan fingerprint density at radius 1 is 1.69 bits per heavy atom. The van der Waals surface area contributed by atoms with Gasteiger partial charge in [-0.3, -0.25) is 0 Å². The molecule has 0 aliphatic carbocycles. The normalized spacial score (nSPS) is 10.9. The lowest BCUT2D eigenvalue weighted by molar-refractivity contribution is 0.0685. The molecule has 0 saturated heterocycles. The summed E-state index contributed by atoms with van der Waals surface area (Å²) in [6.45, 7) is 4.33. The molecule has 0 spiro atoms. The highest BCUT2D eigenvalue weighted by Gasteiger charge is 2.11. The van der Waals surface area contributed by atoms with E-state index in [9.17, 15) is 4.79 Å². The number of hydrogen-bond acceptors (Lipinski definition) is 1. The van der Waals surface area contributed by atoms with Gasteiger partial charge in [-0.2, -0.15) is 0 Å². The van der Waals surface area contributed by atoms with Gasteiger partial charge >= 0.3 is 5.97 Å². The Hall–Kier alpha value is -1.51. The Balaban J connectivity index is 3.00. The van der Waals surface area contributed by atoms with Gasteiger partial charge in [-0.25, -0.2) is 4.79 Å². The lowest BCUT2D eigenvalue weighted by Crippen LogP contribution is -2.08. The zero-order valence-electron chi connectivity index (χ0n) is 7.82. The van der Waals surface area contributed by atoms with Crippen molar-refractivity contribution in [2.45, 2.75) is 20.4 Å². The van der Waals surface area contributed by atoms with E-state index in [1.54, 1.807) is 17.7 Å². The number of carboxylic acids is 1. The van der Waals surface area contributed by atoms with Crippen LogP contribution in [0.1, 0.15) is 23.0 Å². The van der Waals surface area contributed by atoms with Crippen molar-refractivity contribution in [2.24, 2.45) is 0 Å². The van der Waals surface area contributed by atoms with Crippen molar-refractivity contribution >= 4 is 5.97 Å². The molecule has 70 valence electrons. The Morgan fingerprint density at radius 3 is 2.92 bits per heavy atom. The van der Waals surface area contributed by atoms with E-state index in [1.807, 2.05) is 25.1 Å². The second-order valence-corrected chi connectivity index (χ2v) is 2.87. The number of rotatable bonds is 3. The van der Waals surface area contributed by atoms with Crippen LogP contribution >= 0.6 is 0 Å². The van der Waals surface area contributed by atoms with E-state index in [4.69, 9.17) is 5.11 Å². The average molecular weight is 179 g/mol. The Morgan fingerprint density at radius 2 is 2.38 bits per heavy atom. The van der Waals surface area contributed by atoms with Gasteiger partial charge in [0.25, 0.3) is 0 Å². The van der Waals surface area contributed by atoms with Crippen molar-refractivity contribution in [1.82, 2.24) is 4.57 Å². The molecule has 0 radical (unpaired) electrons. The van der Waals surface area contributed by atoms with Crippen LogP contribution in [-0.2, 0) is 6.54 Å². The molecule has 0 atom stereocenters. The van der Waals surface area contributed by atoms with Gasteiger partial charge in [0.2, 0.25) is 0 Å². The van der Waals surface area contributed by atoms with Gasteiger partial charge in [0.15, 0.2) is 0 Å². The molecule has 1 rings (SSSR count). The van der Waals surface area contributed by atoms with Crippen molar-refractivity contribution in [3.63, 3.8) is 0 Å². The molecule has 1 heterocycles. The van der Waals surface area contributed by atoms with Gasteiger partial charge < -0.3 is 9.67 Å². The van der Waals surface area contributed by atoms with Crippen molar-refractivity contribution in [1.29, 1.82) is 0 Å². The van der Waals surface area contributed by atoms with E-state index in [0.717, 1.165) is 5.56 Å². The summed E-state index contributed by atoms with van der Waals surface area (Å²) >= 11 is 0.